The minimum atomic E-state index is -1.12. The van der Waals surface area contributed by atoms with E-state index < -0.39 is 17.9 Å². The summed E-state index contributed by atoms with van der Waals surface area (Å²) in [4.78, 5) is 33.6. The summed E-state index contributed by atoms with van der Waals surface area (Å²) in [5.74, 6) is -1.58. The minimum Gasteiger partial charge on any atom is -0.480 e. The Labute approximate surface area is 119 Å². The highest BCUT2D eigenvalue weighted by atomic mass is 16.4. The third-order valence-corrected chi connectivity index (χ3v) is 3.76. The first kappa shape index (κ1) is 16.5. The van der Waals surface area contributed by atoms with Crippen LogP contribution in [0, 0.1) is 5.92 Å². The molecule has 1 aliphatic carbocycles. The van der Waals surface area contributed by atoms with Crippen molar-refractivity contribution in [3.8, 4) is 0 Å². The molecule has 0 saturated heterocycles. The van der Waals surface area contributed by atoms with Gasteiger partial charge in [0.1, 0.15) is 6.04 Å². The molecule has 0 aromatic rings. The number of hydrogen-bond acceptors (Lipinski definition) is 3. The van der Waals surface area contributed by atoms with Crippen molar-refractivity contribution in [2.24, 2.45) is 11.7 Å². The van der Waals surface area contributed by atoms with E-state index in [9.17, 15) is 14.4 Å². The predicted octanol–water partition coefficient (Wildman–Crippen LogP) is 1.18. The Hall–Kier alpha value is -1.59. The maximum Gasteiger partial charge on any atom is 0.326 e. The van der Waals surface area contributed by atoms with Gasteiger partial charge in [-0.05, 0) is 25.2 Å². The molecule has 1 atom stereocenters. The van der Waals surface area contributed by atoms with Crippen molar-refractivity contribution in [3.05, 3.63) is 0 Å². The van der Waals surface area contributed by atoms with Gasteiger partial charge in [-0.3, -0.25) is 9.59 Å². The van der Waals surface area contributed by atoms with E-state index in [2.05, 4.69) is 5.32 Å². The molecule has 0 aromatic carbocycles. The van der Waals surface area contributed by atoms with Crippen LogP contribution >= 0.6 is 0 Å². The number of nitrogens with one attached hydrogen (secondary N) is 1. The Bertz CT molecular complexity index is 349. The fourth-order valence-electron chi connectivity index (χ4n) is 2.63. The van der Waals surface area contributed by atoms with E-state index in [-0.39, 0.29) is 18.7 Å². The number of carboxylic acid groups (broad SMARTS) is 1. The molecular formula is C14H24N2O4. The van der Waals surface area contributed by atoms with Gasteiger partial charge in [0.25, 0.3) is 0 Å². The van der Waals surface area contributed by atoms with E-state index in [1.165, 1.54) is 12.8 Å². The Morgan fingerprint density at radius 3 is 2.25 bits per heavy atom. The molecule has 2 amide bonds. The summed E-state index contributed by atoms with van der Waals surface area (Å²) >= 11 is 0. The summed E-state index contributed by atoms with van der Waals surface area (Å²) in [6, 6.07) is -1.03. The van der Waals surface area contributed by atoms with E-state index in [4.69, 9.17) is 10.8 Å². The van der Waals surface area contributed by atoms with Crippen LogP contribution in [0.4, 0.5) is 0 Å². The molecule has 1 aliphatic rings. The fraction of sp³-hybridized carbons (Fsp3) is 0.786. The Morgan fingerprint density at radius 1 is 1.15 bits per heavy atom. The van der Waals surface area contributed by atoms with Crippen LogP contribution < -0.4 is 11.1 Å². The SMILES string of the molecule is NC(=O)CCC(NC(=O)CC1CCCCCC1)C(=O)O. The molecule has 4 N–H and O–H groups in total. The number of nitrogens with two attached hydrogens (primary N) is 1. The largest absolute Gasteiger partial charge is 0.480 e. The smallest absolute Gasteiger partial charge is 0.326 e. The van der Waals surface area contributed by atoms with Crippen molar-refractivity contribution in [3.63, 3.8) is 0 Å². The fourth-order valence-corrected chi connectivity index (χ4v) is 2.63. The van der Waals surface area contributed by atoms with Crippen LogP contribution in [0.5, 0.6) is 0 Å². The Kier molecular flexibility index (Phi) is 7.04. The van der Waals surface area contributed by atoms with Gasteiger partial charge >= 0.3 is 5.97 Å². The lowest BCUT2D eigenvalue weighted by atomic mass is 9.96. The van der Waals surface area contributed by atoms with Crippen molar-refractivity contribution in [1.82, 2.24) is 5.32 Å². The maximum atomic E-state index is 11.9. The number of amides is 2. The zero-order valence-corrected chi connectivity index (χ0v) is 11.8. The topological polar surface area (TPSA) is 109 Å². The first-order valence-electron chi connectivity index (χ1n) is 7.29. The van der Waals surface area contributed by atoms with Gasteiger partial charge in [-0.15, -0.1) is 0 Å². The lowest BCUT2D eigenvalue weighted by molar-refractivity contribution is -0.142. The highest BCUT2D eigenvalue weighted by Crippen LogP contribution is 2.25. The van der Waals surface area contributed by atoms with E-state index in [1.807, 2.05) is 0 Å². The number of rotatable bonds is 7. The highest BCUT2D eigenvalue weighted by Gasteiger charge is 2.22. The molecule has 0 aromatic heterocycles. The van der Waals surface area contributed by atoms with E-state index in [1.54, 1.807) is 0 Å². The molecule has 0 radical (unpaired) electrons. The van der Waals surface area contributed by atoms with Crippen LogP contribution in [0.25, 0.3) is 0 Å². The van der Waals surface area contributed by atoms with Gasteiger partial charge in [-0.25, -0.2) is 4.79 Å². The molecule has 0 aliphatic heterocycles. The van der Waals surface area contributed by atoms with Gasteiger partial charge in [-0.1, -0.05) is 25.7 Å². The molecule has 1 saturated carbocycles. The molecule has 20 heavy (non-hydrogen) atoms. The number of primary amides is 1. The van der Waals surface area contributed by atoms with Gasteiger partial charge in [0.2, 0.25) is 11.8 Å². The standard InChI is InChI=1S/C14H24N2O4/c15-12(17)8-7-11(14(19)20)16-13(18)9-10-5-3-1-2-4-6-10/h10-11H,1-9H2,(H2,15,17)(H,16,18)(H,19,20). The lowest BCUT2D eigenvalue weighted by Crippen LogP contribution is -2.42. The van der Waals surface area contributed by atoms with Crippen molar-refractivity contribution < 1.29 is 19.5 Å². The minimum absolute atomic E-state index is 0.0410. The first-order chi connectivity index (χ1) is 9.49. The van der Waals surface area contributed by atoms with Gasteiger partial charge in [-0.2, -0.15) is 0 Å². The number of carbonyl (C=O) groups is 3. The Morgan fingerprint density at radius 2 is 1.75 bits per heavy atom. The molecular weight excluding hydrogens is 260 g/mol. The van der Waals surface area contributed by atoms with Crippen molar-refractivity contribution in [2.45, 2.75) is 63.8 Å². The predicted molar refractivity (Wildman–Crippen MR) is 73.8 cm³/mol. The molecule has 6 heteroatoms. The zero-order valence-electron chi connectivity index (χ0n) is 11.8. The Balaban J connectivity index is 2.40. The summed E-state index contributed by atoms with van der Waals surface area (Å²) in [6.45, 7) is 0. The summed E-state index contributed by atoms with van der Waals surface area (Å²) in [5.41, 5.74) is 4.99. The third kappa shape index (κ3) is 6.54. The second kappa shape index (κ2) is 8.55. The van der Waals surface area contributed by atoms with Crippen molar-refractivity contribution in [2.75, 3.05) is 0 Å². The summed E-state index contributed by atoms with van der Waals surface area (Å²) in [6.07, 6.45) is 7.16. The van der Waals surface area contributed by atoms with Gasteiger partial charge < -0.3 is 16.2 Å². The van der Waals surface area contributed by atoms with Crippen LogP contribution in [0.1, 0.15) is 57.8 Å². The number of hydrogen-bond donors (Lipinski definition) is 3. The third-order valence-electron chi connectivity index (χ3n) is 3.76. The molecule has 1 rings (SSSR count). The van der Waals surface area contributed by atoms with Crippen molar-refractivity contribution in [1.29, 1.82) is 0 Å². The molecule has 0 bridgehead atoms. The average Bonchev–Trinajstić information content (AvgIpc) is 2.62. The number of aliphatic carboxylic acids is 1. The van der Waals surface area contributed by atoms with Crippen molar-refractivity contribution >= 4 is 17.8 Å². The van der Waals surface area contributed by atoms with Crippen LogP contribution in [0.15, 0.2) is 0 Å². The highest BCUT2D eigenvalue weighted by molar-refractivity contribution is 5.84. The summed E-state index contributed by atoms with van der Waals surface area (Å²) in [7, 11) is 0. The zero-order chi connectivity index (χ0) is 15.0. The first-order valence-corrected chi connectivity index (χ1v) is 7.29. The quantitative estimate of drug-likeness (QED) is 0.610. The number of carbonyl (C=O) groups excluding carboxylic acids is 2. The van der Waals surface area contributed by atoms with Gasteiger partial charge in [0.15, 0.2) is 0 Å². The lowest BCUT2D eigenvalue weighted by Gasteiger charge is -2.17. The normalized spacial score (nSPS) is 18.0. The van der Waals surface area contributed by atoms with Gasteiger partial charge in [0.05, 0.1) is 0 Å². The van der Waals surface area contributed by atoms with E-state index >= 15 is 0 Å². The molecule has 0 heterocycles. The average molecular weight is 284 g/mol. The second-order valence-corrected chi connectivity index (χ2v) is 5.53. The molecule has 6 nitrogen and oxygen atoms in total. The van der Waals surface area contributed by atoms with Crippen LogP contribution in [0.2, 0.25) is 0 Å². The number of carboxylic acids is 1. The maximum absolute atomic E-state index is 11.9. The monoisotopic (exact) mass is 284 g/mol. The molecule has 114 valence electrons. The second-order valence-electron chi connectivity index (χ2n) is 5.53. The molecule has 0 spiro atoms. The summed E-state index contributed by atoms with van der Waals surface area (Å²) < 4.78 is 0. The van der Waals surface area contributed by atoms with E-state index in [0.29, 0.717) is 12.3 Å². The van der Waals surface area contributed by atoms with Crippen LogP contribution in [-0.2, 0) is 14.4 Å². The molecule has 1 fully saturated rings. The van der Waals surface area contributed by atoms with Crippen LogP contribution in [0.3, 0.4) is 0 Å². The van der Waals surface area contributed by atoms with E-state index in [0.717, 1.165) is 25.7 Å². The molecule has 1 unspecified atom stereocenters. The summed E-state index contributed by atoms with van der Waals surface area (Å²) in [5, 5.41) is 11.5. The van der Waals surface area contributed by atoms with Crippen LogP contribution in [-0.4, -0.2) is 28.9 Å². The van der Waals surface area contributed by atoms with Gasteiger partial charge in [0, 0.05) is 12.8 Å².